The number of fused-ring (bicyclic) bond motifs is 3. The highest BCUT2D eigenvalue weighted by Crippen LogP contribution is 2.27. The van der Waals surface area contributed by atoms with Crippen molar-refractivity contribution in [1.82, 2.24) is 14.9 Å². The van der Waals surface area contributed by atoms with Crippen LogP contribution in [-0.4, -0.2) is 40.1 Å². The number of nitrogens with zero attached hydrogens (tertiary/aromatic N) is 2. The minimum atomic E-state index is -4.37. The summed E-state index contributed by atoms with van der Waals surface area (Å²) in [6.45, 7) is 6.55. The van der Waals surface area contributed by atoms with Gasteiger partial charge in [0.05, 0.1) is 22.6 Å². The van der Waals surface area contributed by atoms with Crippen LogP contribution < -0.4 is 15.6 Å². The summed E-state index contributed by atoms with van der Waals surface area (Å²) < 4.78 is 50.7. The number of amides is 1. The topological polar surface area (TPSA) is 82.5 Å². The first-order valence-corrected chi connectivity index (χ1v) is 10.8. The molecule has 0 aliphatic carbocycles. The molecule has 1 atom stereocenters. The van der Waals surface area contributed by atoms with Gasteiger partial charge in [-0.05, 0) is 57.7 Å². The number of nitrogens with one attached hydrogen (secondary N) is 1. The summed E-state index contributed by atoms with van der Waals surface area (Å²) >= 11 is 0. The Kier molecular flexibility index (Phi) is 7.09. The molecule has 3 aromatic rings. The Balaban J connectivity index is 1.85. The van der Waals surface area contributed by atoms with Gasteiger partial charge in [0.15, 0.2) is 0 Å². The number of aromatic nitrogens is 2. The average molecular weight is 479 g/mol. The molecule has 0 aliphatic heterocycles. The lowest BCUT2D eigenvalue weighted by Gasteiger charge is -2.24. The largest absolute Gasteiger partial charge is 0.491 e. The highest BCUT2D eigenvalue weighted by molar-refractivity contribution is 6.06. The average Bonchev–Trinajstić information content (AvgIpc) is 2.71. The van der Waals surface area contributed by atoms with E-state index in [-0.39, 0.29) is 18.6 Å². The Labute approximate surface area is 194 Å². The predicted molar refractivity (Wildman–Crippen MR) is 123 cm³/mol. The number of carbonyl (C=O) groups excluding carboxylic acids is 1. The van der Waals surface area contributed by atoms with Gasteiger partial charge in [-0.2, -0.15) is 13.2 Å². The fourth-order valence-corrected chi connectivity index (χ4v) is 3.65. The van der Waals surface area contributed by atoms with Gasteiger partial charge in [0.2, 0.25) is 0 Å². The molecule has 10 heteroatoms. The molecule has 34 heavy (non-hydrogen) atoms. The Bertz CT molecular complexity index is 1260. The molecule has 0 saturated carbocycles. The van der Waals surface area contributed by atoms with Crippen LogP contribution in [0.3, 0.4) is 0 Å². The lowest BCUT2D eigenvalue weighted by molar-refractivity contribution is -0.137. The summed E-state index contributed by atoms with van der Waals surface area (Å²) in [5, 5.41) is 4.56. The van der Waals surface area contributed by atoms with Gasteiger partial charge in [-0.3, -0.25) is 9.78 Å². The lowest BCUT2D eigenvalue weighted by atomic mass is 10.1. The third-order valence-corrected chi connectivity index (χ3v) is 5.23. The molecule has 0 spiro atoms. The summed E-state index contributed by atoms with van der Waals surface area (Å²) in [6, 6.07) is 5.96. The van der Waals surface area contributed by atoms with Crippen molar-refractivity contribution in [3.63, 3.8) is 0 Å². The number of hydrogen-bond acceptors (Lipinski definition) is 5. The van der Waals surface area contributed by atoms with Gasteiger partial charge in [0.1, 0.15) is 18.0 Å². The van der Waals surface area contributed by atoms with Crippen molar-refractivity contribution in [3.8, 4) is 5.75 Å². The second-order valence-electron chi connectivity index (χ2n) is 9.17. The molecule has 2 aromatic heterocycles. The van der Waals surface area contributed by atoms with E-state index in [0.29, 0.717) is 22.3 Å². The molecule has 1 aromatic carbocycles. The summed E-state index contributed by atoms with van der Waals surface area (Å²) in [5.41, 5.74) is 0.229. The Morgan fingerprint density at radius 1 is 1.18 bits per heavy atom. The van der Waals surface area contributed by atoms with Crippen LogP contribution in [0.5, 0.6) is 5.75 Å². The molecule has 0 saturated heterocycles. The zero-order chi connectivity index (χ0) is 25.3. The first-order chi connectivity index (χ1) is 15.7. The molecule has 1 N–H and O–H groups in total. The smallest absolute Gasteiger partial charge is 0.407 e. The number of hydrogen-bond donors (Lipinski definition) is 1. The molecule has 0 bridgehead atoms. The third kappa shape index (κ3) is 6.18. The number of ether oxygens (including phenoxy) is 2. The Hall–Kier alpha value is -3.30. The van der Waals surface area contributed by atoms with Crippen molar-refractivity contribution in [2.24, 2.45) is 7.05 Å². The van der Waals surface area contributed by atoms with E-state index in [1.165, 1.54) is 4.57 Å². The molecule has 2 heterocycles. The number of benzene rings is 1. The van der Waals surface area contributed by atoms with Crippen LogP contribution in [-0.2, 0) is 11.8 Å². The van der Waals surface area contributed by atoms with E-state index in [2.05, 4.69) is 10.3 Å². The highest BCUT2D eigenvalue weighted by atomic mass is 19.4. The number of alkyl halides is 3. The summed E-state index contributed by atoms with van der Waals surface area (Å²) in [4.78, 5) is 29.2. The Morgan fingerprint density at radius 3 is 2.53 bits per heavy atom. The van der Waals surface area contributed by atoms with Crippen LogP contribution in [0.1, 0.15) is 39.3 Å². The molecule has 1 amide bonds. The van der Waals surface area contributed by atoms with Crippen molar-refractivity contribution >= 4 is 27.8 Å². The first kappa shape index (κ1) is 25.3. The molecule has 1 unspecified atom stereocenters. The fourth-order valence-electron chi connectivity index (χ4n) is 3.65. The van der Waals surface area contributed by atoms with Crippen molar-refractivity contribution in [3.05, 3.63) is 46.5 Å². The first-order valence-electron chi connectivity index (χ1n) is 10.8. The number of carbonyl (C=O) groups is 1. The van der Waals surface area contributed by atoms with Crippen LogP contribution in [0.15, 0.2) is 35.3 Å². The highest BCUT2D eigenvalue weighted by Gasteiger charge is 2.30. The van der Waals surface area contributed by atoms with Gasteiger partial charge in [-0.1, -0.05) is 0 Å². The molecule has 0 radical (unpaired) electrons. The van der Waals surface area contributed by atoms with Crippen LogP contribution in [0.2, 0.25) is 0 Å². The summed E-state index contributed by atoms with van der Waals surface area (Å²) in [7, 11) is 1.64. The maximum atomic E-state index is 12.9. The van der Waals surface area contributed by atoms with Gasteiger partial charge in [0, 0.05) is 31.1 Å². The van der Waals surface area contributed by atoms with Crippen LogP contribution in [0.4, 0.5) is 18.0 Å². The zero-order valence-corrected chi connectivity index (χ0v) is 19.7. The van der Waals surface area contributed by atoms with Gasteiger partial charge in [-0.25, -0.2) is 4.79 Å². The third-order valence-electron chi connectivity index (χ3n) is 5.23. The molecule has 3 rings (SSSR count). The number of rotatable bonds is 6. The quantitative estimate of drug-likeness (QED) is 0.503. The van der Waals surface area contributed by atoms with Crippen LogP contribution in [0.25, 0.3) is 21.7 Å². The van der Waals surface area contributed by atoms with E-state index < -0.39 is 30.3 Å². The van der Waals surface area contributed by atoms with Crippen molar-refractivity contribution in [2.45, 2.75) is 58.4 Å². The van der Waals surface area contributed by atoms with Crippen molar-refractivity contribution in [2.75, 3.05) is 6.61 Å². The van der Waals surface area contributed by atoms with Crippen molar-refractivity contribution in [1.29, 1.82) is 0 Å². The van der Waals surface area contributed by atoms with E-state index in [0.717, 1.165) is 10.8 Å². The maximum Gasteiger partial charge on any atom is 0.407 e. The van der Waals surface area contributed by atoms with Gasteiger partial charge in [0.25, 0.3) is 5.56 Å². The molecular formula is C24H28F3N3O4. The molecule has 184 valence electrons. The standard InChI is InChI=1S/C24H28F3N3O4/c1-14-20-18(9-11-28-14)17-7-6-16(12-19(17)30(5)21(20)31)33-13-15(8-10-24(25,26)27)29-22(32)34-23(2,3)4/h6-7,9,11-12,15H,8,10,13H2,1-5H3,(H,29,32). The maximum absolute atomic E-state index is 12.9. The number of aryl methyl sites for hydroxylation is 2. The van der Waals surface area contributed by atoms with Gasteiger partial charge >= 0.3 is 12.3 Å². The number of pyridine rings is 2. The van der Waals surface area contributed by atoms with E-state index in [4.69, 9.17) is 9.47 Å². The second kappa shape index (κ2) is 9.52. The molecule has 0 aliphatic rings. The number of halogens is 3. The normalized spacial score (nSPS) is 13.2. The molecule has 0 fully saturated rings. The number of alkyl carbamates (subject to hydrolysis) is 1. The van der Waals surface area contributed by atoms with Crippen LogP contribution in [0, 0.1) is 6.92 Å². The minimum Gasteiger partial charge on any atom is -0.491 e. The summed E-state index contributed by atoms with van der Waals surface area (Å²) in [6.07, 6.45) is -5.01. The van der Waals surface area contributed by atoms with E-state index >= 15 is 0 Å². The van der Waals surface area contributed by atoms with E-state index in [1.54, 1.807) is 65.2 Å². The Morgan fingerprint density at radius 2 is 1.88 bits per heavy atom. The van der Waals surface area contributed by atoms with Crippen LogP contribution >= 0.6 is 0 Å². The van der Waals surface area contributed by atoms with Gasteiger partial charge < -0.3 is 19.4 Å². The van der Waals surface area contributed by atoms with E-state index in [9.17, 15) is 22.8 Å². The van der Waals surface area contributed by atoms with Crippen molar-refractivity contribution < 1.29 is 27.4 Å². The summed E-state index contributed by atoms with van der Waals surface area (Å²) in [5.74, 6) is 0.357. The zero-order valence-electron chi connectivity index (χ0n) is 19.7. The lowest BCUT2D eigenvalue weighted by Crippen LogP contribution is -2.42. The second-order valence-corrected chi connectivity index (χ2v) is 9.17. The molecular weight excluding hydrogens is 451 g/mol. The molecule has 7 nitrogen and oxygen atoms in total. The predicted octanol–water partition coefficient (Wildman–Crippen LogP) is 5.01. The van der Waals surface area contributed by atoms with E-state index in [1.807, 2.05) is 0 Å². The van der Waals surface area contributed by atoms with Gasteiger partial charge in [-0.15, -0.1) is 0 Å². The fraction of sp³-hybridized carbons (Fsp3) is 0.458. The minimum absolute atomic E-state index is 0.203. The monoisotopic (exact) mass is 479 g/mol. The SMILES string of the molecule is Cc1nccc2c1c(=O)n(C)c1cc(OCC(CCC(F)(F)F)NC(=O)OC(C)(C)C)ccc21.